The van der Waals surface area contributed by atoms with Crippen LogP contribution >= 0.6 is 15.9 Å². The molecule has 10 heteroatoms. The molecule has 0 bridgehead atoms. The number of hydrogen-bond acceptors (Lipinski definition) is 5. The zero-order valence-electron chi connectivity index (χ0n) is 15.3. The zero-order valence-corrected chi connectivity index (χ0v) is 17.7. The number of oxazole rings is 1. The van der Waals surface area contributed by atoms with Crippen LogP contribution in [0.25, 0.3) is 11.1 Å². The highest BCUT2D eigenvalue weighted by Crippen LogP contribution is 2.20. The molecule has 1 fully saturated rings. The quantitative estimate of drug-likeness (QED) is 0.569. The largest absolute Gasteiger partial charge is 0.420 e. The van der Waals surface area contributed by atoms with Crippen molar-refractivity contribution in [3.8, 4) is 0 Å². The first-order valence-electron chi connectivity index (χ1n) is 8.98. The molecule has 1 amide bonds. The molecule has 2 aromatic carbocycles. The van der Waals surface area contributed by atoms with E-state index in [2.05, 4.69) is 15.9 Å². The molecule has 1 saturated heterocycles. The minimum Gasteiger partial charge on any atom is -0.408 e. The second-order valence-corrected chi connectivity index (χ2v) is 9.51. The normalized spacial score (nSPS) is 15.7. The molecule has 152 valence electrons. The van der Waals surface area contributed by atoms with E-state index < -0.39 is 15.8 Å². The minimum atomic E-state index is -3.61. The SMILES string of the molecule is O=C(Cn1c(=O)oc2ccccc21)N1CCN(S(=O)(=O)c2ccc(Br)cc2)CC1. The lowest BCUT2D eigenvalue weighted by atomic mass is 10.3. The van der Waals surface area contributed by atoms with E-state index in [0.29, 0.717) is 11.1 Å². The molecule has 1 aliphatic rings. The average molecular weight is 480 g/mol. The molecule has 0 radical (unpaired) electrons. The predicted octanol–water partition coefficient (Wildman–Crippen LogP) is 1.89. The third-order valence-electron chi connectivity index (χ3n) is 4.91. The van der Waals surface area contributed by atoms with Crippen LogP contribution in [0.5, 0.6) is 0 Å². The van der Waals surface area contributed by atoms with E-state index in [0.717, 1.165) is 4.47 Å². The molecule has 0 N–H and O–H groups in total. The number of para-hydroxylation sites is 2. The molecule has 1 aliphatic heterocycles. The highest BCUT2D eigenvalue weighted by atomic mass is 79.9. The summed E-state index contributed by atoms with van der Waals surface area (Å²) in [6.07, 6.45) is 0. The van der Waals surface area contributed by atoms with Crippen LogP contribution < -0.4 is 5.76 Å². The van der Waals surface area contributed by atoms with E-state index in [4.69, 9.17) is 4.42 Å². The summed E-state index contributed by atoms with van der Waals surface area (Å²) in [5.41, 5.74) is 0.984. The maximum absolute atomic E-state index is 12.8. The Bertz CT molecular complexity index is 1210. The van der Waals surface area contributed by atoms with Gasteiger partial charge in [-0.2, -0.15) is 4.31 Å². The van der Waals surface area contributed by atoms with Crippen molar-refractivity contribution >= 4 is 43.0 Å². The lowest BCUT2D eigenvalue weighted by Crippen LogP contribution is -2.51. The predicted molar refractivity (Wildman–Crippen MR) is 110 cm³/mol. The average Bonchev–Trinajstić information content (AvgIpc) is 3.03. The Labute approximate surface area is 175 Å². The highest BCUT2D eigenvalue weighted by molar-refractivity contribution is 9.10. The number of amides is 1. The van der Waals surface area contributed by atoms with Crippen molar-refractivity contribution in [2.45, 2.75) is 11.4 Å². The van der Waals surface area contributed by atoms with Crippen LogP contribution in [-0.2, 0) is 21.4 Å². The van der Waals surface area contributed by atoms with Gasteiger partial charge in [0, 0.05) is 30.7 Å². The first-order valence-corrected chi connectivity index (χ1v) is 11.2. The topological polar surface area (TPSA) is 92.8 Å². The third kappa shape index (κ3) is 3.87. The molecule has 0 aliphatic carbocycles. The van der Waals surface area contributed by atoms with Crippen molar-refractivity contribution < 1.29 is 17.6 Å². The smallest absolute Gasteiger partial charge is 0.408 e. The lowest BCUT2D eigenvalue weighted by molar-refractivity contribution is -0.133. The molecule has 1 aromatic heterocycles. The van der Waals surface area contributed by atoms with E-state index in [1.54, 1.807) is 53.4 Å². The summed E-state index contributed by atoms with van der Waals surface area (Å²) in [6.45, 7) is 0.782. The summed E-state index contributed by atoms with van der Waals surface area (Å²) in [4.78, 5) is 26.5. The Morgan fingerprint density at radius 2 is 1.66 bits per heavy atom. The van der Waals surface area contributed by atoms with Gasteiger partial charge >= 0.3 is 5.76 Å². The summed E-state index contributed by atoms with van der Waals surface area (Å²) in [5, 5.41) is 0. The van der Waals surface area contributed by atoms with Gasteiger partial charge in [0.05, 0.1) is 10.4 Å². The number of piperazine rings is 1. The number of carbonyl (C=O) groups excluding carboxylic acids is 1. The summed E-state index contributed by atoms with van der Waals surface area (Å²) in [6, 6.07) is 13.4. The second kappa shape index (κ2) is 7.77. The van der Waals surface area contributed by atoms with Crippen LogP contribution in [0.2, 0.25) is 0 Å². The van der Waals surface area contributed by atoms with Crippen molar-refractivity contribution in [1.82, 2.24) is 13.8 Å². The minimum absolute atomic E-state index is 0.144. The molecule has 3 aromatic rings. The van der Waals surface area contributed by atoms with Gasteiger partial charge in [-0.15, -0.1) is 0 Å². The number of halogens is 1. The monoisotopic (exact) mass is 479 g/mol. The third-order valence-corrected chi connectivity index (χ3v) is 7.35. The lowest BCUT2D eigenvalue weighted by Gasteiger charge is -2.34. The maximum Gasteiger partial charge on any atom is 0.420 e. The van der Waals surface area contributed by atoms with E-state index in [1.165, 1.54) is 8.87 Å². The van der Waals surface area contributed by atoms with Gasteiger partial charge in [-0.3, -0.25) is 9.36 Å². The Balaban J connectivity index is 1.44. The van der Waals surface area contributed by atoms with Gasteiger partial charge in [0.25, 0.3) is 0 Å². The van der Waals surface area contributed by atoms with Gasteiger partial charge in [0.2, 0.25) is 15.9 Å². The van der Waals surface area contributed by atoms with Gasteiger partial charge < -0.3 is 9.32 Å². The molecular weight excluding hydrogens is 462 g/mol. The number of nitrogens with zero attached hydrogens (tertiary/aromatic N) is 3. The molecule has 0 atom stereocenters. The van der Waals surface area contributed by atoms with Crippen LogP contribution in [0.1, 0.15) is 0 Å². The number of hydrogen-bond donors (Lipinski definition) is 0. The number of carbonyl (C=O) groups is 1. The van der Waals surface area contributed by atoms with Crippen molar-refractivity contribution in [1.29, 1.82) is 0 Å². The number of fused-ring (bicyclic) bond motifs is 1. The molecule has 2 heterocycles. The summed E-state index contributed by atoms with van der Waals surface area (Å²) < 4.78 is 34.2. The van der Waals surface area contributed by atoms with Crippen molar-refractivity contribution in [2.75, 3.05) is 26.2 Å². The number of benzene rings is 2. The number of sulfonamides is 1. The van der Waals surface area contributed by atoms with Crippen molar-refractivity contribution in [3.63, 3.8) is 0 Å². The fraction of sp³-hybridized carbons (Fsp3) is 0.263. The van der Waals surface area contributed by atoms with Gasteiger partial charge in [-0.05, 0) is 36.4 Å². The van der Waals surface area contributed by atoms with Crippen molar-refractivity contribution in [2.24, 2.45) is 0 Å². The first-order chi connectivity index (χ1) is 13.9. The molecule has 0 spiro atoms. The second-order valence-electron chi connectivity index (χ2n) is 6.66. The zero-order chi connectivity index (χ0) is 20.6. The molecule has 0 unspecified atom stereocenters. The Morgan fingerprint density at radius 3 is 2.34 bits per heavy atom. The first kappa shape index (κ1) is 19.9. The van der Waals surface area contributed by atoms with E-state index in [-0.39, 0.29) is 43.5 Å². The Hall–Kier alpha value is -2.43. The van der Waals surface area contributed by atoms with Crippen LogP contribution in [-0.4, -0.2) is 54.3 Å². The summed E-state index contributed by atoms with van der Waals surface area (Å²) in [5.74, 6) is -0.838. The van der Waals surface area contributed by atoms with Gasteiger partial charge in [-0.1, -0.05) is 28.1 Å². The molecule has 8 nitrogen and oxygen atoms in total. The van der Waals surface area contributed by atoms with Crippen LogP contribution in [0, 0.1) is 0 Å². The van der Waals surface area contributed by atoms with Crippen LogP contribution in [0.3, 0.4) is 0 Å². The molecule has 29 heavy (non-hydrogen) atoms. The number of rotatable bonds is 4. The van der Waals surface area contributed by atoms with E-state index in [1.807, 2.05) is 0 Å². The Kier molecular flexibility index (Phi) is 5.32. The summed E-state index contributed by atoms with van der Waals surface area (Å²) >= 11 is 3.29. The van der Waals surface area contributed by atoms with Gasteiger partial charge in [0.15, 0.2) is 5.58 Å². The Morgan fingerprint density at radius 1 is 1.00 bits per heavy atom. The van der Waals surface area contributed by atoms with E-state index in [9.17, 15) is 18.0 Å². The maximum atomic E-state index is 12.8. The van der Waals surface area contributed by atoms with Gasteiger partial charge in [-0.25, -0.2) is 13.2 Å². The fourth-order valence-corrected chi connectivity index (χ4v) is 5.02. The molecular formula is C19H18BrN3O5S. The summed E-state index contributed by atoms with van der Waals surface area (Å²) in [7, 11) is -3.61. The molecule has 4 rings (SSSR count). The highest BCUT2D eigenvalue weighted by Gasteiger charge is 2.30. The standard InChI is InChI=1S/C19H18BrN3O5S/c20-14-5-7-15(8-6-14)29(26,27)22-11-9-21(10-12-22)18(24)13-23-16-3-1-2-4-17(16)28-19(23)25/h1-8H,9-13H2. The van der Waals surface area contributed by atoms with Crippen LogP contribution in [0.4, 0.5) is 0 Å². The van der Waals surface area contributed by atoms with Gasteiger partial charge in [0.1, 0.15) is 6.54 Å². The fourth-order valence-electron chi connectivity index (χ4n) is 3.33. The molecule has 0 saturated carbocycles. The number of aromatic nitrogens is 1. The van der Waals surface area contributed by atoms with E-state index >= 15 is 0 Å². The van der Waals surface area contributed by atoms with Crippen molar-refractivity contribution in [3.05, 3.63) is 63.6 Å². The van der Waals surface area contributed by atoms with Crippen LogP contribution in [0.15, 0.2) is 67.1 Å².